The second-order valence-electron chi connectivity index (χ2n) is 7.86. The Labute approximate surface area is 180 Å². The maximum atomic E-state index is 14.2. The molecule has 31 heavy (non-hydrogen) atoms. The lowest BCUT2D eigenvalue weighted by molar-refractivity contribution is 0.132. The maximum Gasteiger partial charge on any atom is 0.269 e. The van der Waals surface area contributed by atoms with Gasteiger partial charge in [-0.1, -0.05) is 23.4 Å². The van der Waals surface area contributed by atoms with Crippen LogP contribution >= 0.6 is 0 Å². The first-order valence-corrected chi connectivity index (χ1v) is 11.9. The van der Waals surface area contributed by atoms with Crippen LogP contribution in [0.15, 0.2) is 57.9 Å². The molecule has 0 radical (unpaired) electrons. The molecule has 2 aromatic carbocycles. The Morgan fingerprint density at radius 1 is 1.10 bits per heavy atom. The maximum absolute atomic E-state index is 14.2. The summed E-state index contributed by atoms with van der Waals surface area (Å²) < 4.78 is 57.1. The molecule has 0 spiro atoms. The third kappa shape index (κ3) is 4.94. The van der Waals surface area contributed by atoms with Crippen molar-refractivity contribution in [3.8, 4) is 0 Å². The standard InChI is InChI=1S/C22H25F2N3O3S/c23-18-8-9-20-21(16-18)30-25-22(20)17-10-14-26(15-11-17)12-4-5-13-27(24)31(28,29)19-6-2-1-3-7-19/h1-3,6-9,16-17H,4-5,10-15H2. The van der Waals surface area contributed by atoms with Gasteiger partial charge < -0.3 is 9.42 Å². The Morgan fingerprint density at radius 3 is 2.58 bits per heavy atom. The first-order valence-electron chi connectivity index (χ1n) is 10.5. The van der Waals surface area contributed by atoms with Crippen LogP contribution in [0.25, 0.3) is 11.0 Å². The van der Waals surface area contributed by atoms with E-state index in [-0.39, 0.29) is 27.7 Å². The molecular formula is C22H25F2N3O3S. The predicted molar refractivity (Wildman–Crippen MR) is 113 cm³/mol. The number of benzene rings is 2. The van der Waals surface area contributed by atoms with Gasteiger partial charge in [-0.2, -0.15) is 0 Å². The van der Waals surface area contributed by atoms with Crippen molar-refractivity contribution in [2.45, 2.75) is 36.5 Å². The van der Waals surface area contributed by atoms with Crippen molar-refractivity contribution >= 4 is 21.0 Å². The number of hydrogen-bond donors (Lipinski definition) is 0. The highest BCUT2D eigenvalue weighted by Crippen LogP contribution is 2.32. The lowest BCUT2D eigenvalue weighted by Crippen LogP contribution is -2.34. The summed E-state index contributed by atoms with van der Waals surface area (Å²) in [5.74, 6) is -0.0752. The Balaban J connectivity index is 1.22. The van der Waals surface area contributed by atoms with Gasteiger partial charge in [0.15, 0.2) is 5.58 Å². The Kier molecular flexibility index (Phi) is 6.64. The van der Waals surface area contributed by atoms with Gasteiger partial charge >= 0.3 is 0 Å². The van der Waals surface area contributed by atoms with Crippen molar-refractivity contribution in [2.75, 3.05) is 26.2 Å². The van der Waals surface area contributed by atoms with Crippen LogP contribution in [0.3, 0.4) is 0 Å². The van der Waals surface area contributed by atoms with Crippen molar-refractivity contribution in [1.29, 1.82) is 0 Å². The Morgan fingerprint density at radius 2 is 1.84 bits per heavy atom. The lowest BCUT2D eigenvalue weighted by Gasteiger charge is -2.31. The van der Waals surface area contributed by atoms with E-state index in [0.29, 0.717) is 18.4 Å². The molecule has 1 aromatic heterocycles. The fraction of sp³-hybridized carbons (Fsp3) is 0.409. The van der Waals surface area contributed by atoms with Crippen LogP contribution in [-0.2, 0) is 10.0 Å². The van der Waals surface area contributed by atoms with Gasteiger partial charge in [-0.05, 0) is 74.1 Å². The molecule has 166 valence electrons. The number of nitrogens with zero attached hydrogens (tertiary/aromatic N) is 3. The number of rotatable bonds is 8. The third-order valence-corrected chi connectivity index (χ3v) is 7.37. The number of likely N-dealkylation sites (tertiary alicyclic amines) is 1. The van der Waals surface area contributed by atoms with Crippen molar-refractivity contribution in [2.24, 2.45) is 0 Å². The molecular weight excluding hydrogens is 424 g/mol. The van der Waals surface area contributed by atoms with Crippen LogP contribution in [-0.4, -0.2) is 49.2 Å². The summed E-state index contributed by atoms with van der Waals surface area (Å²) in [7, 11) is -4.08. The van der Waals surface area contributed by atoms with E-state index in [1.807, 2.05) is 0 Å². The van der Waals surface area contributed by atoms with Crippen LogP contribution in [0.4, 0.5) is 8.87 Å². The summed E-state index contributed by atoms with van der Waals surface area (Å²) in [6, 6.07) is 12.1. The number of piperidine rings is 1. The van der Waals surface area contributed by atoms with Crippen molar-refractivity contribution in [3.63, 3.8) is 0 Å². The molecule has 0 amide bonds. The molecule has 0 N–H and O–H groups in total. The minimum atomic E-state index is -4.08. The molecule has 1 saturated heterocycles. The summed E-state index contributed by atoms with van der Waals surface area (Å²) in [5.41, 5.74) is 1.35. The molecule has 3 aromatic rings. The number of unbranched alkanes of at least 4 members (excludes halogenated alkanes) is 1. The molecule has 9 heteroatoms. The van der Waals surface area contributed by atoms with Crippen LogP contribution < -0.4 is 0 Å². The fourth-order valence-electron chi connectivity index (χ4n) is 4.05. The molecule has 6 nitrogen and oxygen atoms in total. The molecule has 0 bridgehead atoms. The summed E-state index contributed by atoms with van der Waals surface area (Å²) in [4.78, 5) is 2.26. The Bertz CT molecular complexity index is 1110. The quantitative estimate of drug-likeness (QED) is 0.374. The first kappa shape index (κ1) is 21.9. The lowest BCUT2D eigenvalue weighted by atomic mass is 9.91. The number of aromatic nitrogens is 1. The molecule has 1 aliphatic heterocycles. The SMILES string of the molecule is O=S(=O)(c1ccccc1)N(F)CCCCN1CCC(c2noc3cc(F)ccc23)CC1. The number of fused-ring (bicyclic) bond motifs is 1. The summed E-state index contributed by atoms with van der Waals surface area (Å²) in [5, 5.41) is 5.03. The largest absolute Gasteiger partial charge is 0.356 e. The van der Waals surface area contributed by atoms with Crippen molar-refractivity contribution in [1.82, 2.24) is 14.6 Å². The van der Waals surface area contributed by atoms with Gasteiger partial charge in [-0.3, -0.25) is 0 Å². The summed E-state index contributed by atoms with van der Waals surface area (Å²) >= 11 is 0. The van der Waals surface area contributed by atoms with E-state index in [9.17, 15) is 17.3 Å². The molecule has 1 fully saturated rings. The molecule has 2 heterocycles. The van der Waals surface area contributed by atoms with Gasteiger partial charge in [0.05, 0.1) is 10.6 Å². The average Bonchev–Trinajstić information content (AvgIpc) is 3.20. The predicted octanol–water partition coefficient (Wildman–Crippen LogP) is 4.50. The third-order valence-electron chi connectivity index (χ3n) is 5.80. The van der Waals surface area contributed by atoms with Gasteiger partial charge in [0, 0.05) is 23.9 Å². The van der Waals surface area contributed by atoms with Gasteiger partial charge in [0.2, 0.25) is 0 Å². The highest BCUT2D eigenvalue weighted by atomic mass is 32.2. The molecule has 4 rings (SSSR count). The topological polar surface area (TPSA) is 66.7 Å². The normalized spacial score (nSPS) is 16.4. The molecule has 0 saturated carbocycles. The van der Waals surface area contributed by atoms with Gasteiger partial charge in [0.25, 0.3) is 10.0 Å². The number of sulfonamides is 1. The highest BCUT2D eigenvalue weighted by molar-refractivity contribution is 7.89. The molecule has 0 atom stereocenters. The second kappa shape index (κ2) is 9.42. The van der Waals surface area contributed by atoms with Gasteiger partial charge in [-0.15, -0.1) is 4.48 Å². The van der Waals surface area contributed by atoms with E-state index in [2.05, 4.69) is 10.1 Å². The number of hydrogen-bond acceptors (Lipinski definition) is 5. The fourth-order valence-corrected chi connectivity index (χ4v) is 5.15. The average molecular weight is 450 g/mol. The van der Waals surface area contributed by atoms with Crippen LogP contribution in [0.1, 0.15) is 37.3 Å². The smallest absolute Gasteiger partial charge is 0.269 e. The molecule has 0 unspecified atom stereocenters. The minimum Gasteiger partial charge on any atom is -0.356 e. The van der Waals surface area contributed by atoms with E-state index in [1.54, 1.807) is 24.3 Å². The summed E-state index contributed by atoms with van der Waals surface area (Å²) in [6.07, 6.45) is 2.98. The van der Waals surface area contributed by atoms with Crippen molar-refractivity contribution in [3.05, 3.63) is 60.0 Å². The highest BCUT2D eigenvalue weighted by Gasteiger charge is 2.26. The zero-order valence-electron chi connectivity index (χ0n) is 17.1. The van der Waals surface area contributed by atoms with E-state index in [4.69, 9.17) is 4.52 Å². The van der Waals surface area contributed by atoms with Crippen LogP contribution in [0.2, 0.25) is 0 Å². The van der Waals surface area contributed by atoms with Crippen LogP contribution in [0, 0.1) is 5.82 Å². The molecule has 0 aliphatic carbocycles. The Hall–Kier alpha value is -2.36. The van der Waals surface area contributed by atoms with E-state index in [0.717, 1.165) is 43.6 Å². The van der Waals surface area contributed by atoms with Crippen LogP contribution in [0.5, 0.6) is 0 Å². The second-order valence-corrected chi connectivity index (χ2v) is 9.68. The zero-order valence-corrected chi connectivity index (χ0v) is 17.9. The number of halogens is 2. The summed E-state index contributed by atoms with van der Waals surface area (Å²) in [6.45, 7) is 2.38. The van der Waals surface area contributed by atoms with Gasteiger partial charge in [-0.25, -0.2) is 12.8 Å². The van der Waals surface area contributed by atoms with E-state index >= 15 is 0 Å². The molecule has 1 aliphatic rings. The van der Waals surface area contributed by atoms with E-state index < -0.39 is 10.0 Å². The zero-order chi connectivity index (χ0) is 21.8. The first-order chi connectivity index (χ1) is 14.9. The monoisotopic (exact) mass is 449 g/mol. The van der Waals surface area contributed by atoms with E-state index in [1.165, 1.54) is 24.3 Å². The van der Waals surface area contributed by atoms with Gasteiger partial charge in [0.1, 0.15) is 5.82 Å². The van der Waals surface area contributed by atoms with Crippen molar-refractivity contribution < 1.29 is 21.8 Å². The minimum absolute atomic E-state index is 0.0392.